The molecule has 0 atom stereocenters. The van der Waals surface area contributed by atoms with Crippen molar-refractivity contribution in [1.29, 1.82) is 0 Å². The first-order valence-corrected chi connectivity index (χ1v) is 16.8. The molecule has 7 aromatic carbocycles. The molecule has 0 unspecified atom stereocenters. The number of rotatable bonds is 5. The van der Waals surface area contributed by atoms with Gasteiger partial charge in [-0.25, -0.2) is 0 Å². The highest BCUT2D eigenvalue weighted by Gasteiger charge is 2.41. The minimum absolute atomic E-state index is 1.03. The number of hydrogen-bond acceptors (Lipinski definition) is 1. The van der Waals surface area contributed by atoms with Crippen LogP contribution in [0.25, 0.3) is 43.6 Å². The van der Waals surface area contributed by atoms with Crippen molar-refractivity contribution in [2.75, 3.05) is 0 Å². The molecule has 0 saturated heterocycles. The van der Waals surface area contributed by atoms with Crippen LogP contribution in [0.5, 0.6) is 0 Å². The summed E-state index contributed by atoms with van der Waals surface area (Å²) in [6.07, 6.45) is 2.00. The first-order valence-electron chi connectivity index (χ1n) is 14.8. The second-order valence-electron chi connectivity index (χ2n) is 11.1. The van der Waals surface area contributed by atoms with Crippen LogP contribution in [0, 0.1) is 0 Å². The highest BCUT2D eigenvalue weighted by molar-refractivity contribution is 7.19. The van der Waals surface area contributed by atoms with E-state index >= 15 is 0 Å². The number of nitrogens with zero attached hydrogens (tertiary/aromatic N) is 1. The minimum Gasteiger partial charge on any atom is -0.256 e. The van der Waals surface area contributed by atoms with Gasteiger partial charge in [0.1, 0.15) is 0 Å². The van der Waals surface area contributed by atoms with E-state index in [1.165, 1.54) is 58.8 Å². The Labute approximate surface area is 252 Å². The zero-order valence-corrected chi connectivity index (χ0v) is 24.7. The fraction of sp³-hybridized carbons (Fsp3) is 0. The summed E-state index contributed by atoms with van der Waals surface area (Å²) in [6, 6.07) is 62.3. The highest BCUT2D eigenvalue weighted by atomic mass is 28.3. The maximum Gasteiger partial charge on any atom is 0.179 e. The molecule has 0 radical (unpaired) electrons. The molecular weight excluding hydrogens is 535 g/mol. The number of para-hydroxylation sites is 1. The van der Waals surface area contributed by atoms with Gasteiger partial charge in [0.05, 0.1) is 5.52 Å². The van der Waals surface area contributed by atoms with Crippen LogP contribution < -0.4 is 20.7 Å². The van der Waals surface area contributed by atoms with Gasteiger partial charge >= 0.3 is 0 Å². The molecule has 0 fully saturated rings. The quantitative estimate of drug-likeness (QED) is 0.119. The van der Waals surface area contributed by atoms with Crippen molar-refractivity contribution in [3.8, 4) is 11.1 Å². The lowest BCUT2D eigenvalue weighted by Gasteiger charge is -2.34. The van der Waals surface area contributed by atoms with Crippen molar-refractivity contribution in [3.05, 3.63) is 176 Å². The molecule has 43 heavy (non-hydrogen) atoms. The molecule has 1 nitrogen and oxygen atoms in total. The summed E-state index contributed by atoms with van der Waals surface area (Å²) in [4.78, 5) is 4.71. The van der Waals surface area contributed by atoms with Gasteiger partial charge in [0.2, 0.25) is 0 Å². The Morgan fingerprint density at radius 1 is 0.372 bits per heavy atom. The molecule has 202 valence electrons. The lowest BCUT2D eigenvalue weighted by molar-refractivity contribution is 1.45. The summed E-state index contributed by atoms with van der Waals surface area (Å²) < 4.78 is 0. The number of hydrogen-bond donors (Lipinski definition) is 0. The Morgan fingerprint density at radius 3 is 1.53 bits per heavy atom. The lowest BCUT2D eigenvalue weighted by atomic mass is 9.94. The standard InChI is InChI=1S/C41H29NSi/c1-4-13-32(14-5-1)43(33-15-6-2-7-16-33,34-17-8-3-9-18-34)35-26-23-30(24-27-35)36-20-12-21-38-37(36)28-25-31-29-42-40-22-11-10-19-39(40)41(31)38/h1-29H. The van der Waals surface area contributed by atoms with Gasteiger partial charge in [-0.1, -0.05) is 164 Å². The van der Waals surface area contributed by atoms with Gasteiger partial charge < -0.3 is 0 Å². The van der Waals surface area contributed by atoms with Crippen molar-refractivity contribution >= 4 is 61.3 Å². The molecule has 0 aliphatic heterocycles. The van der Waals surface area contributed by atoms with Crippen molar-refractivity contribution in [2.24, 2.45) is 0 Å². The monoisotopic (exact) mass is 563 g/mol. The fourth-order valence-electron chi connectivity index (χ4n) is 6.94. The third-order valence-corrected chi connectivity index (χ3v) is 13.7. The van der Waals surface area contributed by atoms with Crippen molar-refractivity contribution in [3.63, 3.8) is 0 Å². The highest BCUT2D eigenvalue weighted by Crippen LogP contribution is 2.36. The smallest absolute Gasteiger partial charge is 0.179 e. The van der Waals surface area contributed by atoms with E-state index in [1.54, 1.807) is 0 Å². The van der Waals surface area contributed by atoms with Crippen LogP contribution in [0.15, 0.2) is 176 Å². The van der Waals surface area contributed by atoms with E-state index in [0.717, 1.165) is 5.52 Å². The average Bonchev–Trinajstić information content (AvgIpc) is 3.10. The van der Waals surface area contributed by atoms with E-state index in [4.69, 9.17) is 4.98 Å². The van der Waals surface area contributed by atoms with Crippen LogP contribution in [0.3, 0.4) is 0 Å². The molecular formula is C41H29NSi. The minimum atomic E-state index is -2.55. The van der Waals surface area contributed by atoms with Crippen LogP contribution in [0.4, 0.5) is 0 Å². The number of aromatic nitrogens is 1. The summed E-state index contributed by atoms with van der Waals surface area (Å²) in [5.74, 6) is 0. The normalized spacial score (nSPS) is 11.7. The van der Waals surface area contributed by atoms with Crippen LogP contribution in [0.2, 0.25) is 0 Å². The lowest BCUT2D eigenvalue weighted by Crippen LogP contribution is -2.74. The Bertz CT molecular complexity index is 2110. The predicted octanol–water partition coefficient (Wildman–Crippen LogP) is 7.59. The Kier molecular flexibility index (Phi) is 6.21. The number of pyridine rings is 1. The molecule has 8 aromatic rings. The van der Waals surface area contributed by atoms with Gasteiger partial charge in [-0.3, -0.25) is 4.98 Å². The molecule has 0 bridgehead atoms. The fourth-order valence-corrected chi connectivity index (χ4v) is 11.7. The number of benzene rings is 7. The molecule has 1 heterocycles. The van der Waals surface area contributed by atoms with Crippen molar-refractivity contribution in [1.82, 2.24) is 4.98 Å². The first kappa shape index (κ1) is 25.4. The molecule has 0 aliphatic carbocycles. The van der Waals surface area contributed by atoms with Crippen LogP contribution >= 0.6 is 0 Å². The topological polar surface area (TPSA) is 12.9 Å². The Morgan fingerprint density at radius 2 is 0.907 bits per heavy atom. The van der Waals surface area contributed by atoms with E-state index in [-0.39, 0.29) is 0 Å². The molecule has 8 rings (SSSR count). The van der Waals surface area contributed by atoms with E-state index in [9.17, 15) is 0 Å². The second-order valence-corrected chi connectivity index (χ2v) is 14.9. The molecule has 0 aliphatic rings. The van der Waals surface area contributed by atoms with Crippen LogP contribution in [-0.4, -0.2) is 13.1 Å². The Hall–Kier alpha value is -5.31. The van der Waals surface area contributed by atoms with Gasteiger partial charge in [0.15, 0.2) is 8.07 Å². The zero-order valence-electron chi connectivity index (χ0n) is 23.7. The van der Waals surface area contributed by atoms with Gasteiger partial charge in [-0.15, -0.1) is 0 Å². The maximum absolute atomic E-state index is 4.71. The third kappa shape index (κ3) is 4.11. The van der Waals surface area contributed by atoms with Gasteiger partial charge in [-0.05, 0) is 48.7 Å². The van der Waals surface area contributed by atoms with Gasteiger partial charge in [0, 0.05) is 22.4 Å². The van der Waals surface area contributed by atoms with Crippen LogP contribution in [-0.2, 0) is 0 Å². The van der Waals surface area contributed by atoms with Gasteiger partial charge in [-0.2, -0.15) is 0 Å². The van der Waals surface area contributed by atoms with Gasteiger partial charge in [0.25, 0.3) is 0 Å². The average molecular weight is 564 g/mol. The van der Waals surface area contributed by atoms with E-state index < -0.39 is 8.07 Å². The van der Waals surface area contributed by atoms with E-state index in [1.807, 2.05) is 6.20 Å². The van der Waals surface area contributed by atoms with Crippen molar-refractivity contribution < 1.29 is 0 Å². The van der Waals surface area contributed by atoms with E-state index in [2.05, 4.69) is 170 Å². The summed E-state index contributed by atoms with van der Waals surface area (Å²) in [6.45, 7) is 0. The summed E-state index contributed by atoms with van der Waals surface area (Å²) >= 11 is 0. The Balaban J connectivity index is 1.35. The summed E-state index contributed by atoms with van der Waals surface area (Å²) in [5, 5.41) is 11.7. The third-order valence-electron chi connectivity index (χ3n) is 8.86. The number of fused-ring (bicyclic) bond motifs is 5. The molecule has 2 heteroatoms. The predicted molar refractivity (Wildman–Crippen MR) is 186 cm³/mol. The zero-order chi connectivity index (χ0) is 28.6. The molecule has 0 amide bonds. The SMILES string of the molecule is c1ccc([Si](c2ccccc2)(c2ccccc2)c2ccc(-c3cccc4c3ccc3cnc5ccccc5c34)cc2)cc1. The molecule has 1 aromatic heterocycles. The van der Waals surface area contributed by atoms with Crippen LogP contribution in [0.1, 0.15) is 0 Å². The van der Waals surface area contributed by atoms with E-state index in [0.29, 0.717) is 0 Å². The second kappa shape index (κ2) is 10.5. The molecule has 0 spiro atoms. The summed E-state index contributed by atoms with van der Waals surface area (Å²) in [5.41, 5.74) is 3.50. The first-order chi connectivity index (χ1) is 21.3. The summed E-state index contributed by atoms with van der Waals surface area (Å²) in [7, 11) is -2.55. The largest absolute Gasteiger partial charge is 0.256 e. The molecule has 0 saturated carbocycles. The molecule has 0 N–H and O–H groups in total. The van der Waals surface area contributed by atoms with Crippen molar-refractivity contribution in [2.45, 2.75) is 0 Å². The maximum atomic E-state index is 4.71.